The number of H-pyrrole nitrogens is 1. The van der Waals surface area contributed by atoms with E-state index in [9.17, 15) is 54.0 Å². The monoisotopic (exact) mass is 1300 g/mol. The summed E-state index contributed by atoms with van der Waals surface area (Å²) in [5, 5.41) is 61.6. The second kappa shape index (κ2) is 36.8. The maximum absolute atomic E-state index is 14.7. The number of aliphatic hydroxyl groups is 4. The first kappa shape index (κ1) is 73.0. The Hall–Kier alpha value is -7.07. The number of para-hydroxylation sites is 1. The van der Waals surface area contributed by atoms with Gasteiger partial charge in [0.1, 0.15) is 42.0 Å². The van der Waals surface area contributed by atoms with E-state index in [4.69, 9.17) is 16.2 Å². The van der Waals surface area contributed by atoms with Gasteiger partial charge < -0.3 is 83.7 Å². The van der Waals surface area contributed by atoms with Gasteiger partial charge in [-0.05, 0) is 113 Å². The minimum absolute atomic E-state index is 0.0340. The lowest BCUT2D eigenvalue weighted by Gasteiger charge is -2.40. The van der Waals surface area contributed by atoms with Gasteiger partial charge in [-0.3, -0.25) is 33.6 Å². The summed E-state index contributed by atoms with van der Waals surface area (Å²) in [6.07, 6.45) is 5.19. The lowest BCUT2D eigenvalue weighted by atomic mass is 9.72. The summed E-state index contributed by atoms with van der Waals surface area (Å²) in [6, 6.07) is 22.8. The Kier molecular flexibility index (Phi) is 29.5. The number of nitrogens with one attached hydrogen (secondary N) is 8. The molecule has 7 rings (SSSR count). The lowest BCUT2D eigenvalue weighted by Crippen LogP contribution is -2.62. The van der Waals surface area contributed by atoms with Crippen LogP contribution in [0, 0.1) is 0 Å². The first-order valence-corrected chi connectivity index (χ1v) is 33.6. The van der Waals surface area contributed by atoms with Crippen LogP contribution in [0.3, 0.4) is 0 Å². The molecule has 0 radical (unpaired) electrons. The first-order chi connectivity index (χ1) is 43.6. The minimum atomic E-state index is -1.66. The zero-order valence-corrected chi connectivity index (χ0v) is 54.2. The minimum Gasteiger partial charge on any atom is -0.497 e. The highest BCUT2D eigenvalue weighted by Gasteiger charge is 2.40. The van der Waals surface area contributed by atoms with E-state index in [0.717, 1.165) is 76.0 Å². The van der Waals surface area contributed by atoms with Crippen molar-refractivity contribution in [3.63, 3.8) is 0 Å². The summed E-state index contributed by atoms with van der Waals surface area (Å²) < 4.78 is 5.23. The standard InChI is InChI=1S/C49H66N10O10S2.C17H27NO2/c1-28(61)39(25-60)56-48(68)41-27-71-70-26-40(57-43(63)34(51)21-30-13-5-3-6-14-30)47(67)54-37(22-31-15-7-4-8-16-31)45(65)55-38(23-32-24-52-35-18-10-9-17-33(32)35)46(66)53-36(19-11-12-20-50)44(64)59-42(29(2)62)49(69)58-41;1-18(2)13-16(17(19)11-5-4-6-12-17)14-7-9-15(20-3)10-8-14/h3-10,13-18,24,28-29,34,36-42,52,60-62H,11-12,19-23,25-27,50-51H2,1-2H3,(H,53,66)(H,54,67)(H,55,65)(H,56,68)(H,57,63)(H,58,69)(H,59,64);7-10,16,19H,4-6,11-13H2,1-3H3/t28-,29?,34-,36+,37+,38-,39-,40+,41+,42+;/m1./s1. The Balaban J connectivity index is 0.000000555. The van der Waals surface area contributed by atoms with Crippen molar-refractivity contribution >= 4 is 73.8 Å². The molecule has 1 saturated heterocycles. The number of likely N-dealkylation sites (N-methyl/N-ethyl adjacent to an activating group) is 1. The van der Waals surface area contributed by atoms with Gasteiger partial charge in [0.2, 0.25) is 41.4 Å². The van der Waals surface area contributed by atoms with Gasteiger partial charge in [0, 0.05) is 53.9 Å². The summed E-state index contributed by atoms with van der Waals surface area (Å²) in [4.78, 5) is 105. The molecule has 25 heteroatoms. The number of unbranched alkanes of at least 4 members (excludes halogenated alkanes) is 1. The number of hydrogen-bond donors (Lipinski definition) is 14. The molecular formula is C66H93N11O12S2. The zero-order chi connectivity index (χ0) is 66.0. The second-order valence-electron chi connectivity index (χ2n) is 23.7. The second-order valence-corrected chi connectivity index (χ2v) is 26.3. The highest BCUT2D eigenvalue weighted by Crippen LogP contribution is 2.40. The third-order valence-corrected chi connectivity index (χ3v) is 18.7. The molecule has 16 N–H and O–H groups in total. The Labute approximate surface area is 540 Å². The summed E-state index contributed by atoms with van der Waals surface area (Å²) in [5.74, 6) is -4.97. The number of nitrogens with zero attached hydrogens (tertiary/aromatic N) is 1. The summed E-state index contributed by atoms with van der Waals surface area (Å²) in [7, 11) is 7.88. The molecule has 91 heavy (non-hydrogen) atoms. The highest BCUT2D eigenvalue weighted by atomic mass is 33.1. The van der Waals surface area contributed by atoms with Crippen LogP contribution in [0.4, 0.5) is 0 Å². The van der Waals surface area contributed by atoms with Crippen LogP contribution in [0.5, 0.6) is 5.75 Å². The van der Waals surface area contributed by atoms with Crippen LogP contribution in [-0.4, -0.2) is 190 Å². The molecular weight excluding hydrogens is 1200 g/mol. The van der Waals surface area contributed by atoms with E-state index in [2.05, 4.69) is 73.3 Å². The van der Waals surface area contributed by atoms with E-state index in [-0.39, 0.29) is 49.7 Å². The molecule has 4 aromatic carbocycles. The number of benzene rings is 4. The van der Waals surface area contributed by atoms with Crippen LogP contribution in [0.15, 0.2) is 115 Å². The van der Waals surface area contributed by atoms with Crippen molar-refractivity contribution in [2.45, 2.75) is 157 Å². The van der Waals surface area contributed by atoms with Gasteiger partial charge in [0.15, 0.2) is 0 Å². The van der Waals surface area contributed by atoms with Crippen LogP contribution < -0.4 is 53.4 Å². The van der Waals surface area contributed by atoms with Crippen molar-refractivity contribution in [2.75, 3.05) is 52.4 Å². The van der Waals surface area contributed by atoms with Gasteiger partial charge in [-0.2, -0.15) is 0 Å². The molecule has 7 amide bonds. The molecule has 2 heterocycles. The van der Waals surface area contributed by atoms with Crippen molar-refractivity contribution in [3.8, 4) is 5.75 Å². The predicted molar refractivity (Wildman–Crippen MR) is 354 cm³/mol. The van der Waals surface area contributed by atoms with E-state index in [1.165, 1.54) is 25.8 Å². The average molecular weight is 1300 g/mol. The molecule has 11 atom stereocenters. The molecule has 1 aliphatic carbocycles. The maximum atomic E-state index is 14.7. The number of aromatic nitrogens is 1. The maximum Gasteiger partial charge on any atom is 0.245 e. The highest BCUT2D eigenvalue weighted by molar-refractivity contribution is 8.76. The number of aliphatic hydroxyl groups excluding tert-OH is 3. The third kappa shape index (κ3) is 22.6. The van der Waals surface area contributed by atoms with Crippen LogP contribution in [0.1, 0.15) is 93.4 Å². The van der Waals surface area contributed by atoms with Gasteiger partial charge in [0.05, 0.1) is 43.6 Å². The van der Waals surface area contributed by atoms with Gasteiger partial charge >= 0.3 is 0 Å². The molecule has 0 spiro atoms. The quantitative estimate of drug-likeness (QED) is 0.0349. The molecule has 5 aromatic rings. The lowest BCUT2D eigenvalue weighted by molar-refractivity contribution is -0.136. The fourth-order valence-electron chi connectivity index (χ4n) is 11.0. The van der Waals surface area contributed by atoms with Crippen molar-refractivity contribution in [1.29, 1.82) is 0 Å². The number of carbonyl (C=O) groups is 7. The molecule has 1 aliphatic heterocycles. The molecule has 2 unspecified atom stereocenters. The normalized spacial score (nSPS) is 22.2. The number of fused-ring (bicyclic) bond motifs is 1. The van der Waals surface area contributed by atoms with Gasteiger partial charge in [-0.25, -0.2) is 0 Å². The third-order valence-electron chi connectivity index (χ3n) is 16.3. The van der Waals surface area contributed by atoms with Crippen LogP contribution in [-0.2, 0) is 52.8 Å². The fraction of sp³-hybridized carbons (Fsp3) is 0.500. The van der Waals surface area contributed by atoms with E-state index in [0.29, 0.717) is 24.0 Å². The molecule has 1 saturated carbocycles. The van der Waals surface area contributed by atoms with Crippen molar-refractivity contribution < 1.29 is 58.7 Å². The average Bonchev–Trinajstić information content (AvgIpc) is 1.80. The van der Waals surface area contributed by atoms with Gasteiger partial charge in [-0.15, -0.1) is 0 Å². The Morgan fingerprint density at radius 1 is 0.725 bits per heavy atom. The number of amides is 7. The Morgan fingerprint density at radius 2 is 1.32 bits per heavy atom. The predicted octanol–water partition coefficient (Wildman–Crippen LogP) is 2.23. The van der Waals surface area contributed by atoms with E-state index in [1.807, 2.05) is 42.5 Å². The summed E-state index contributed by atoms with van der Waals surface area (Å²) in [5.41, 5.74) is 15.7. The zero-order valence-electron chi connectivity index (χ0n) is 52.6. The number of hydrogen-bond acceptors (Lipinski definition) is 17. The molecule has 2 fully saturated rings. The number of nitrogens with two attached hydrogens (primary N) is 2. The van der Waals surface area contributed by atoms with Crippen LogP contribution in [0.25, 0.3) is 10.9 Å². The van der Waals surface area contributed by atoms with Gasteiger partial charge in [0.25, 0.3) is 0 Å². The number of aromatic amines is 1. The summed E-state index contributed by atoms with van der Waals surface area (Å²) in [6.45, 7) is 3.10. The number of ether oxygens (including phenoxy) is 1. The van der Waals surface area contributed by atoms with Crippen molar-refractivity contribution in [2.24, 2.45) is 11.5 Å². The molecule has 1 aromatic heterocycles. The molecule has 496 valence electrons. The first-order valence-electron chi connectivity index (χ1n) is 31.1. The molecule has 2 aliphatic rings. The van der Waals surface area contributed by atoms with E-state index >= 15 is 0 Å². The van der Waals surface area contributed by atoms with Crippen LogP contribution in [0.2, 0.25) is 0 Å². The molecule has 23 nitrogen and oxygen atoms in total. The summed E-state index contributed by atoms with van der Waals surface area (Å²) >= 11 is 0. The van der Waals surface area contributed by atoms with E-state index in [1.54, 1.807) is 67.9 Å². The number of methoxy groups -OCH3 is 1. The SMILES string of the molecule is CC(O)[C@@H]1NC(=O)[C@H](CCCCN)NC(=O)[C@@H](Cc2c[nH]c3ccccc23)NC(=O)[C@H](Cc2ccccc2)NC(=O)[C@@H](NC(=O)[C@H](N)Cc2ccccc2)CSSC[C@@H](C(=O)N[C@H](CO)[C@@H](C)O)NC1=O.COc1ccc(C(CN(C)C)C2(O)CCCCC2)cc1. The Morgan fingerprint density at radius 3 is 1.93 bits per heavy atom. The fourth-order valence-corrected chi connectivity index (χ4v) is 13.4. The largest absolute Gasteiger partial charge is 0.497 e. The molecule has 0 bridgehead atoms. The number of rotatable bonds is 22. The van der Waals surface area contributed by atoms with Crippen molar-refractivity contribution in [1.82, 2.24) is 47.1 Å². The van der Waals surface area contributed by atoms with Gasteiger partial charge in [-0.1, -0.05) is 132 Å². The van der Waals surface area contributed by atoms with Crippen LogP contribution >= 0.6 is 21.6 Å². The number of carbonyl (C=O) groups excluding carboxylic acids is 7. The van der Waals surface area contributed by atoms with Crippen molar-refractivity contribution in [3.05, 3.63) is 138 Å². The van der Waals surface area contributed by atoms with E-state index < -0.39 is 114 Å². The Bertz CT molecular complexity index is 3100. The smallest absolute Gasteiger partial charge is 0.245 e. The topological polar surface area (TPSA) is 365 Å².